The Morgan fingerprint density at radius 1 is 1.40 bits per heavy atom. The number of urea groups is 1. The Balaban J connectivity index is 2.32. The summed E-state index contributed by atoms with van der Waals surface area (Å²) < 4.78 is 0. The van der Waals surface area contributed by atoms with Crippen LogP contribution in [0.2, 0.25) is 0 Å². The standard InChI is InChI=1S/C13H19N3O3S/c1-9(8-20-2)5-15-13(19)16-7-10-3-4-11(12(17)18)14-6-10/h3-4,6,9H,5,7-8H2,1-2H3,(H,17,18)(H2,15,16,19). The first-order valence-corrected chi connectivity index (χ1v) is 7.61. The van der Waals surface area contributed by atoms with Gasteiger partial charge in [-0.1, -0.05) is 13.0 Å². The van der Waals surface area contributed by atoms with Gasteiger partial charge in [0.25, 0.3) is 0 Å². The number of carbonyl (C=O) groups excluding carboxylic acids is 1. The molecule has 0 saturated heterocycles. The fraction of sp³-hybridized carbons (Fsp3) is 0.462. The van der Waals surface area contributed by atoms with E-state index in [9.17, 15) is 9.59 Å². The Morgan fingerprint density at radius 3 is 2.70 bits per heavy atom. The number of carbonyl (C=O) groups is 2. The molecular formula is C13H19N3O3S. The third kappa shape index (κ3) is 5.92. The first-order valence-electron chi connectivity index (χ1n) is 6.21. The van der Waals surface area contributed by atoms with Crippen molar-refractivity contribution < 1.29 is 14.7 Å². The number of aromatic nitrogens is 1. The fourth-order valence-corrected chi connectivity index (χ4v) is 2.20. The maximum atomic E-state index is 11.6. The van der Waals surface area contributed by atoms with Gasteiger partial charge in [-0.15, -0.1) is 0 Å². The van der Waals surface area contributed by atoms with Gasteiger partial charge in [0.2, 0.25) is 0 Å². The van der Waals surface area contributed by atoms with Crippen molar-refractivity contribution in [1.29, 1.82) is 0 Å². The Hall–Kier alpha value is -1.76. The lowest BCUT2D eigenvalue weighted by Crippen LogP contribution is -2.37. The lowest BCUT2D eigenvalue weighted by molar-refractivity contribution is 0.0690. The highest BCUT2D eigenvalue weighted by atomic mass is 32.2. The van der Waals surface area contributed by atoms with Crippen LogP contribution in [-0.4, -0.2) is 40.6 Å². The lowest BCUT2D eigenvalue weighted by Gasteiger charge is -2.12. The van der Waals surface area contributed by atoms with Gasteiger partial charge in [0.05, 0.1) is 0 Å². The van der Waals surface area contributed by atoms with Crippen molar-refractivity contribution in [3.63, 3.8) is 0 Å². The van der Waals surface area contributed by atoms with Crippen LogP contribution in [0.25, 0.3) is 0 Å². The predicted octanol–water partition coefficient (Wildman–Crippen LogP) is 1.58. The topological polar surface area (TPSA) is 91.3 Å². The molecule has 0 aliphatic heterocycles. The van der Waals surface area contributed by atoms with Crippen LogP contribution in [0.15, 0.2) is 18.3 Å². The minimum Gasteiger partial charge on any atom is -0.477 e. The van der Waals surface area contributed by atoms with E-state index in [1.165, 1.54) is 12.3 Å². The molecule has 1 aromatic heterocycles. The first-order chi connectivity index (χ1) is 9.52. The predicted molar refractivity (Wildman–Crippen MR) is 79.0 cm³/mol. The highest BCUT2D eigenvalue weighted by molar-refractivity contribution is 7.98. The van der Waals surface area contributed by atoms with E-state index in [-0.39, 0.29) is 11.7 Å². The molecule has 0 bridgehead atoms. The molecule has 0 aliphatic rings. The first kappa shape index (κ1) is 16.3. The van der Waals surface area contributed by atoms with Crippen molar-refractivity contribution in [3.05, 3.63) is 29.6 Å². The molecule has 7 heteroatoms. The summed E-state index contributed by atoms with van der Waals surface area (Å²) in [4.78, 5) is 26.0. The van der Waals surface area contributed by atoms with Crippen LogP contribution in [0.1, 0.15) is 23.0 Å². The normalized spacial score (nSPS) is 11.7. The van der Waals surface area contributed by atoms with Gasteiger partial charge in [-0.3, -0.25) is 0 Å². The summed E-state index contributed by atoms with van der Waals surface area (Å²) in [7, 11) is 0. The van der Waals surface area contributed by atoms with E-state index in [1.54, 1.807) is 17.8 Å². The molecule has 1 heterocycles. The zero-order chi connectivity index (χ0) is 15.0. The van der Waals surface area contributed by atoms with Crippen molar-refractivity contribution in [3.8, 4) is 0 Å². The number of nitrogens with one attached hydrogen (secondary N) is 2. The van der Waals surface area contributed by atoms with Crippen molar-refractivity contribution >= 4 is 23.8 Å². The number of hydrogen-bond acceptors (Lipinski definition) is 4. The van der Waals surface area contributed by atoms with Crippen LogP contribution in [0.4, 0.5) is 4.79 Å². The molecule has 1 aromatic rings. The Bertz CT molecular complexity index is 451. The second-order valence-corrected chi connectivity index (χ2v) is 5.39. The van der Waals surface area contributed by atoms with E-state index in [2.05, 4.69) is 22.5 Å². The number of amides is 2. The molecule has 0 aliphatic carbocycles. The third-order valence-corrected chi connectivity index (χ3v) is 3.46. The van der Waals surface area contributed by atoms with Crippen LogP contribution in [-0.2, 0) is 6.54 Å². The van der Waals surface area contributed by atoms with E-state index in [0.717, 1.165) is 11.3 Å². The summed E-state index contributed by atoms with van der Waals surface area (Å²) in [5, 5.41) is 14.2. The van der Waals surface area contributed by atoms with Crippen LogP contribution < -0.4 is 10.6 Å². The van der Waals surface area contributed by atoms with Gasteiger partial charge in [-0.05, 0) is 29.6 Å². The summed E-state index contributed by atoms with van der Waals surface area (Å²) in [6.07, 6.45) is 3.48. The Morgan fingerprint density at radius 2 is 2.15 bits per heavy atom. The van der Waals surface area contributed by atoms with Crippen molar-refractivity contribution in [2.24, 2.45) is 5.92 Å². The molecule has 20 heavy (non-hydrogen) atoms. The maximum absolute atomic E-state index is 11.6. The van der Waals surface area contributed by atoms with Crippen LogP contribution in [0.5, 0.6) is 0 Å². The number of aromatic carboxylic acids is 1. The molecule has 1 unspecified atom stereocenters. The van der Waals surface area contributed by atoms with Crippen LogP contribution in [0.3, 0.4) is 0 Å². The third-order valence-electron chi connectivity index (χ3n) is 2.56. The van der Waals surface area contributed by atoms with E-state index < -0.39 is 5.97 Å². The molecule has 3 N–H and O–H groups in total. The summed E-state index contributed by atoms with van der Waals surface area (Å²) in [5.41, 5.74) is 0.742. The lowest BCUT2D eigenvalue weighted by atomic mass is 10.2. The number of carboxylic acid groups (broad SMARTS) is 1. The van der Waals surface area contributed by atoms with E-state index in [1.807, 2.05) is 6.26 Å². The van der Waals surface area contributed by atoms with Crippen molar-refractivity contribution in [1.82, 2.24) is 15.6 Å². The zero-order valence-corrected chi connectivity index (χ0v) is 12.4. The SMILES string of the molecule is CSCC(C)CNC(=O)NCc1ccc(C(=O)O)nc1. The highest BCUT2D eigenvalue weighted by Gasteiger charge is 2.06. The second-order valence-electron chi connectivity index (χ2n) is 4.48. The Kier molecular flexibility index (Phi) is 6.86. The minimum absolute atomic E-state index is 0.0101. The van der Waals surface area contributed by atoms with Gasteiger partial charge in [0.15, 0.2) is 0 Å². The summed E-state index contributed by atoms with van der Waals surface area (Å²) in [6, 6.07) is 2.81. The minimum atomic E-state index is -1.06. The van der Waals surface area contributed by atoms with Gasteiger partial charge in [-0.2, -0.15) is 11.8 Å². The van der Waals surface area contributed by atoms with E-state index in [4.69, 9.17) is 5.11 Å². The molecule has 0 saturated carbocycles. The highest BCUT2D eigenvalue weighted by Crippen LogP contribution is 2.02. The summed E-state index contributed by atoms with van der Waals surface area (Å²) in [5.74, 6) is 0.359. The van der Waals surface area contributed by atoms with Crippen LogP contribution in [0, 0.1) is 5.92 Å². The number of pyridine rings is 1. The van der Waals surface area contributed by atoms with Gasteiger partial charge < -0.3 is 15.7 Å². The van der Waals surface area contributed by atoms with Crippen LogP contribution >= 0.6 is 11.8 Å². The molecule has 0 aromatic carbocycles. The molecule has 0 radical (unpaired) electrons. The molecular weight excluding hydrogens is 278 g/mol. The van der Waals surface area contributed by atoms with Crippen molar-refractivity contribution in [2.45, 2.75) is 13.5 Å². The molecule has 6 nitrogen and oxygen atoms in total. The number of thioether (sulfide) groups is 1. The Labute approximate surface area is 122 Å². The van der Waals surface area contributed by atoms with E-state index in [0.29, 0.717) is 19.0 Å². The van der Waals surface area contributed by atoms with E-state index >= 15 is 0 Å². The molecule has 1 rings (SSSR count). The average molecular weight is 297 g/mol. The zero-order valence-electron chi connectivity index (χ0n) is 11.5. The van der Waals surface area contributed by atoms with Crippen molar-refractivity contribution in [2.75, 3.05) is 18.6 Å². The average Bonchev–Trinajstić information content (AvgIpc) is 2.43. The number of hydrogen-bond donors (Lipinski definition) is 3. The summed E-state index contributed by atoms with van der Waals surface area (Å²) in [6.45, 7) is 3.02. The number of rotatable bonds is 7. The molecule has 1 atom stereocenters. The second kappa shape index (κ2) is 8.42. The largest absolute Gasteiger partial charge is 0.477 e. The smallest absolute Gasteiger partial charge is 0.354 e. The molecule has 0 fully saturated rings. The quantitative estimate of drug-likeness (QED) is 0.710. The maximum Gasteiger partial charge on any atom is 0.354 e. The van der Waals surface area contributed by atoms with Gasteiger partial charge >= 0.3 is 12.0 Å². The van der Waals surface area contributed by atoms with Gasteiger partial charge in [0, 0.05) is 19.3 Å². The fourth-order valence-electron chi connectivity index (χ4n) is 1.51. The number of nitrogens with zero attached hydrogens (tertiary/aromatic N) is 1. The molecule has 110 valence electrons. The molecule has 0 spiro atoms. The monoisotopic (exact) mass is 297 g/mol. The number of carboxylic acids is 1. The van der Waals surface area contributed by atoms with Gasteiger partial charge in [0.1, 0.15) is 5.69 Å². The summed E-state index contributed by atoms with van der Waals surface area (Å²) >= 11 is 1.75. The molecule has 2 amide bonds. The van der Waals surface area contributed by atoms with Gasteiger partial charge in [-0.25, -0.2) is 14.6 Å².